The van der Waals surface area contributed by atoms with Crippen LogP contribution in [0.1, 0.15) is 71.6 Å². The Morgan fingerprint density at radius 3 is 2.11 bits per heavy atom. The highest BCUT2D eigenvalue weighted by atomic mass is 16.5. The fourth-order valence-corrected chi connectivity index (χ4v) is 4.18. The van der Waals surface area contributed by atoms with Crippen molar-refractivity contribution in [3.05, 3.63) is 0 Å². The molecule has 0 bridgehead atoms. The standard InChI is InChI=1S/C16H32N2O/c1-15(2)9-11-16(19-3,12-10-15)14(18-17)13-7-5-4-6-8-13/h13-14,18H,4-12,17H2,1-3H3. The van der Waals surface area contributed by atoms with Crippen molar-refractivity contribution in [2.24, 2.45) is 17.2 Å². The molecule has 2 rings (SSSR count). The second-order valence-corrected chi connectivity index (χ2v) is 7.48. The molecule has 3 nitrogen and oxygen atoms in total. The third kappa shape index (κ3) is 3.32. The maximum Gasteiger partial charge on any atom is 0.0847 e. The smallest absolute Gasteiger partial charge is 0.0847 e. The lowest BCUT2D eigenvalue weighted by Gasteiger charge is -2.49. The Morgan fingerprint density at radius 2 is 1.63 bits per heavy atom. The summed E-state index contributed by atoms with van der Waals surface area (Å²) in [5.41, 5.74) is 3.57. The second-order valence-electron chi connectivity index (χ2n) is 7.48. The summed E-state index contributed by atoms with van der Waals surface area (Å²) in [6.45, 7) is 4.75. The molecule has 1 atom stereocenters. The largest absolute Gasteiger partial charge is 0.377 e. The molecule has 0 aliphatic heterocycles. The van der Waals surface area contributed by atoms with Gasteiger partial charge in [0.05, 0.1) is 11.6 Å². The maximum absolute atomic E-state index is 6.04. The maximum atomic E-state index is 6.04. The summed E-state index contributed by atoms with van der Waals surface area (Å²) in [6, 6.07) is 0.328. The third-order valence-electron chi connectivity index (χ3n) is 5.72. The molecule has 2 fully saturated rings. The quantitative estimate of drug-likeness (QED) is 0.607. The Balaban J connectivity index is 2.09. The van der Waals surface area contributed by atoms with Gasteiger partial charge in [-0.1, -0.05) is 33.1 Å². The van der Waals surface area contributed by atoms with E-state index in [1.165, 1.54) is 44.9 Å². The molecule has 0 aromatic heterocycles. The van der Waals surface area contributed by atoms with Crippen LogP contribution in [-0.2, 0) is 4.74 Å². The van der Waals surface area contributed by atoms with Gasteiger partial charge in [0.15, 0.2) is 0 Å². The SMILES string of the molecule is COC1(C(NN)C2CCCCC2)CCC(C)(C)CC1. The monoisotopic (exact) mass is 268 g/mol. The Kier molecular flexibility index (Phi) is 4.91. The van der Waals surface area contributed by atoms with Gasteiger partial charge in [-0.05, 0) is 49.9 Å². The van der Waals surface area contributed by atoms with Gasteiger partial charge in [0.1, 0.15) is 0 Å². The fraction of sp³-hybridized carbons (Fsp3) is 1.00. The molecule has 3 heteroatoms. The first kappa shape index (κ1) is 15.3. The van der Waals surface area contributed by atoms with E-state index >= 15 is 0 Å². The van der Waals surface area contributed by atoms with Gasteiger partial charge < -0.3 is 4.74 Å². The number of hydrogen-bond donors (Lipinski definition) is 2. The molecule has 0 radical (unpaired) electrons. The first-order valence-electron chi connectivity index (χ1n) is 8.04. The van der Waals surface area contributed by atoms with Crippen LogP contribution in [0.4, 0.5) is 0 Å². The van der Waals surface area contributed by atoms with E-state index in [1.807, 2.05) is 7.11 Å². The van der Waals surface area contributed by atoms with E-state index in [0.29, 0.717) is 17.4 Å². The number of methoxy groups -OCH3 is 1. The number of nitrogens with two attached hydrogens (primary N) is 1. The van der Waals surface area contributed by atoms with Crippen molar-refractivity contribution < 1.29 is 4.74 Å². The minimum atomic E-state index is -0.0354. The van der Waals surface area contributed by atoms with Crippen LogP contribution in [0.15, 0.2) is 0 Å². The first-order chi connectivity index (χ1) is 9.03. The van der Waals surface area contributed by atoms with Gasteiger partial charge in [0.2, 0.25) is 0 Å². The summed E-state index contributed by atoms with van der Waals surface area (Å²) >= 11 is 0. The van der Waals surface area contributed by atoms with Crippen molar-refractivity contribution in [3.63, 3.8) is 0 Å². The van der Waals surface area contributed by atoms with Gasteiger partial charge in [0, 0.05) is 7.11 Å². The van der Waals surface area contributed by atoms with E-state index in [9.17, 15) is 0 Å². The molecule has 0 amide bonds. The van der Waals surface area contributed by atoms with Crippen LogP contribution in [0.2, 0.25) is 0 Å². The lowest BCUT2D eigenvalue weighted by molar-refractivity contribution is -0.102. The van der Waals surface area contributed by atoms with Crippen LogP contribution in [0, 0.1) is 11.3 Å². The molecule has 0 saturated heterocycles. The van der Waals surface area contributed by atoms with Crippen LogP contribution in [-0.4, -0.2) is 18.8 Å². The molecular weight excluding hydrogens is 236 g/mol. The molecular formula is C16H32N2O. The van der Waals surface area contributed by atoms with Gasteiger partial charge in [-0.2, -0.15) is 0 Å². The van der Waals surface area contributed by atoms with Gasteiger partial charge in [-0.25, -0.2) is 0 Å². The average molecular weight is 268 g/mol. The highest BCUT2D eigenvalue weighted by Crippen LogP contribution is 2.46. The molecule has 19 heavy (non-hydrogen) atoms. The van der Waals surface area contributed by atoms with Crippen molar-refractivity contribution in [3.8, 4) is 0 Å². The molecule has 2 aliphatic rings. The summed E-state index contributed by atoms with van der Waals surface area (Å²) in [6.07, 6.45) is 11.5. The van der Waals surface area contributed by atoms with Crippen molar-refractivity contribution in [2.75, 3.05) is 7.11 Å². The van der Waals surface area contributed by atoms with Crippen molar-refractivity contribution >= 4 is 0 Å². The number of hydrogen-bond acceptors (Lipinski definition) is 3. The first-order valence-corrected chi connectivity index (χ1v) is 8.04. The molecule has 0 aromatic carbocycles. The molecule has 2 aliphatic carbocycles. The van der Waals surface area contributed by atoms with Crippen molar-refractivity contribution in [1.29, 1.82) is 0 Å². The molecule has 2 saturated carbocycles. The second kappa shape index (κ2) is 6.11. The Morgan fingerprint density at radius 1 is 1.05 bits per heavy atom. The molecule has 0 spiro atoms. The lowest BCUT2D eigenvalue weighted by atomic mass is 9.65. The highest BCUT2D eigenvalue weighted by molar-refractivity contribution is 5.01. The summed E-state index contributed by atoms with van der Waals surface area (Å²) in [4.78, 5) is 0. The molecule has 3 N–H and O–H groups in total. The predicted molar refractivity (Wildman–Crippen MR) is 79.7 cm³/mol. The third-order valence-corrected chi connectivity index (χ3v) is 5.72. The summed E-state index contributed by atoms with van der Waals surface area (Å²) < 4.78 is 6.04. The normalized spacial score (nSPS) is 29.1. The molecule has 0 aromatic rings. The topological polar surface area (TPSA) is 47.3 Å². The highest BCUT2D eigenvalue weighted by Gasteiger charge is 2.46. The molecule has 0 heterocycles. The van der Waals surface area contributed by atoms with Crippen LogP contribution in [0.5, 0.6) is 0 Å². The Hall–Kier alpha value is -0.120. The number of rotatable bonds is 4. The van der Waals surface area contributed by atoms with E-state index < -0.39 is 0 Å². The van der Waals surface area contributed by atoms with Crippen LogP contribution < -0.4 is 11.3 Å². The van der Waals surface area contributed by atoms with E-state index in [0.717, 1.165) is 12.8 Å². The number of nitrogens with one attached hydrogen (secondary N) is 1. The van der Waals surface area contributed by atoms with E-state index in [2.05, 4.69) is 19.3 Å². The van der Waals surface area contributed by atoms with Crippen molar-refractivity contribution in [2.45, 2.75) is 83.3 Å². The summed E-state index contributed by atoms with van der Waals surface area (Å²) in [7, 11) is 1.88. The van der Waals surface area contributed by atoms with E-state index in [1.54, 1.807) is 0 Å². The molecule has 112 valence electrons. The Labute approximate surface area is 118 Å². The van der Waals surface area contributed by atoms with Crippen LogP contribution in [0.25, 0.3) is 0 Å². The predicted octanol–water partition coefficient (Wildman–Crippen LogP) is 3.38. The van der Waals surface area contributed by atoms with E-state index in [4.69, 9.17) is 10.6 Å². The van der Waals surface area contributed by atoms with Crippen LogP contribution >= 0.6 is 0 Å². The number of ether oxygens (including phenoxy) is 1. The fourth-order valence-electron chi connectivity index (χ4n) is 4.18. The van der Waals surface area contributed by atoms with Gasteiger partial charge in [0.25, 0.3) is 0 Å². The van der Waals surface area contributed by atoms with Gasteiger partial charge in [-0.3, -0.25) is 11.3 Å². The minimum absolute atomic E-state index is 0.0354. The lowest BCUT2D eigenvalue weighted by Crippen LogP contribution is -2.60. The van der Waals surface area contributed by atoms with Gasteiger partial charge in [-0.15, -0.1) is 0 Å². The zero-order chi connectivity index (χ0) is 13.9. The average Bonchev–Trinajstić information content (AvgIpc) is 2.43. The molecule has 1 unspecified atom stereocenters. The summed E-state index contributed by atoms with van der Waals surface area (Å²) in [5.74, 6) is 6.63. The number of hydrazine groups is 1. The zero-order valence-electron chi connectivity index (χ0n) is 13.0. The van der Waals surface area contributed by atoms with E-state index in [-0.39, 0.29) is 5.60 Å². The minimum Gasteiger partial charge on any atom is -0.377 e. The zero-order valence-corrected chi connectivity index (χ0v) is 13.0. The summed E-state index contributed by atoms with van der Waals surface area (Å²) in [5, 5.41) is 0. The van der Waals surface area contributed by atoms with Crippen LogP contribution in [0.3, 0.4) is 0 Å². The Bertz CT molecular complexity index is 274. The van der Waals surface area contributed by atoms with Crippen molar-refractivity contribution in [1.82, 2.24) is 5.43 Å². The van der Waals surface area contributed by atoms with Gasteiger partial charge >= 0.3 is 0 Å².